The second kappa shape index (κ2) is 11.1. The molecule has 0 aliphatic rings. The van der Waals surface area contributed by atoms with Gasteiger partial charge in [-0.2, -0.15) is 0 Å². The molecule has 0 saturated heterocycles. The first-order chi connectivity index (χ1) is 15.8. The molecule has 2 rings (SSSR count). The van der Waals surface area contributed by atoms with Crippen LogP contribution in [0.5, 0.6) is 0 Å². The number of ether oxygens (including phenoxy) is 4. The van der Waals surface area contributed by atoms with Crippen LogP contribution in [0.3, 0.4) is 0 Å². The third kappa shape index (κ3) is 4.94. The molecule has 1 N–H and O–H groups in total. The van der Waals surface area contributed by atoms with E-state index in [2.05, 4.69) is 9.72 Å². The second-order valence-electron chi connectivity index (χ2n) is 6.60. The van der Waals surface area contributed by atoms with Gasteiger partial charge in [0.15, 0.2) is 0 Å². The summed E-state index contributed by atoms with van der Waals surface area (Å²) >= 11 is 0. The Morgan fingerprint density at radius 3 is 1.79 bits per heavy atom. The van der Waals surface area contributed by atoms with Gasteiger partial charge in [-0.25, -0.2) is 19.2 Å². The van der Waals surface area contributed by atoms with Crippen LogP contribution in [0.25, 0.3) is 0 Å². The number of ketones is 1. The molecule has 0 amide bonds. The van der Waals surface area contributed by atoms with Crippen molar-refractivity contribution in [3.63, 3.8) is 0 Å². The highest BCUT2D eigenvalue weighted by Crippen LogP contribution is 2.30. The topological polar surface area (TPSA) is 138 Å². The number of rotatable bonds is 10. The maximum atomic E-state index is 13.0. The van der Waals surface area contributed by atoms with Crippen molar-refractivity contribution in [1.29, 1.82) is 0 Å². The fraction of sp³-hybridized carbons (Fsp3) is 0.348. The Hall–Kier alpha value is -3.95. The van der Waals surface area contributed by atoms with Crippen LogP contribution in [0.2, 0.25) is 0 Å². The van der Waals surface area contributed by atoms with Crippen molar-refractivity contribution in [1.82, 2.24) is 4.98 Å². The molecule has 0 aliphatic carbocycles. The average Bonchev–Trinajstić information content (AvgIpc) is 3.29. The number of hydrogen-bond acceptors (Lipinski definition) is 9. The Morgan fingerprint density at radius 1 is 0.788 bits per heavy atom. The minimum absolute atomic E-state index is 0.0470. The molecule has 33 heavy (non-hydrogen) atoms. The quantitative estimate of drug-likeness (QED) is 0.244. The molecule has 10 heteroatoms. The molecule has 0 saturated carbocycles. The van der Waals surface area contributed by atoms with E-state index in [1.165, 1.54) is 64.3 Å². The standard InChI is InChI=1S/C23H25NO9/c1-5-31-20(27)23(21(28)32-6-2,22(29)33-7-3)17-12-11-16(24-17)18(25)14-9-8-10-15(13-14)19(26)30-4/h8-13,24H,5-7H2,1-4H3. The summed E-state index contributed by atoms with van der Waals surface area (Å²) in [5, 5.41) is 0. The second-order valence-corrected chi connectivity index (χ2v) is 6.60. The normalized spacial score (nSPS) is 10.8. The predicted molar refractivity (Wildman–Crippen MR) is 114 cm³/mol. The number of carbonyl (C=O) groups is 5. The average molecular weight is 459 g/mol. The fourth-order valence-electron chi connectivity index (χ4n) is 3.10. The van der Waals surface area contributed by atoms with Crippen LogP contribution in [-0.2, 0) is 38.7 Å². The van der Waals surface area contributed by atoms with Crippen molar-refractivity contribution in [2.75, 3.05) is 26.9 Å². The van der Waals surface area contributed by atoms with Gasteiger partial charge in [0, 0.05) is 5.56 Å². The molecule has 1 heterocycles. The number of benzene rings is 1. The van der Waals surface area contributed by atoms with E-state index in [0.717, 1.165) is 0 Å². The molecule has 0 fully saturated rings. The predicted octanol–water partition coefficient (Wildman–Crippen LogP) is 1.96. The minimum Gasteiger partial charge on any atom is -0.465 e. The van der Waals surface area contributed by atoms with E-state index in [1.807, 2.05) is 0 Å². The van der Waals surface area contributed by atoms with Crippen molar-refractivity contribution in [3.8, 4) is 0 Å². The van der Waals surface area contributed by atoms with E-state index in [1.54, 1.807) is 0 Å². The zero-order valence-corrected chi connectivity index (χ0v) is 18.8. The minimum atomic E-state index is -2.60. The van der Waals surface area contributed by atoms with Crippen molar-refractivity contribution >= 4 is 29.7 Å². The summed E-state index contributed by atoms with van der Waals surface area (Å²) in [7, 11) is 1.22. The molecule has 2 aromatic rings. The van der Waals surface area contributed by atoms with Crippen molar-refractivity contribution < 1.29 is 42.9 Å². The van der Waals surface area contributed by atoms with Crippen LogP contribution < -0.4 is 0 Å². The Morgan fingerprint density at radius 2 is 1.30 bits per heavy atom. The number of H-pyrrole nitrogens is 1. The first kappa shape index (κ1) is 25.3. The highest BCUT2D eigenvalue weighted by atomic mass is 16.6. The molecule has 0 bridgehead atoms. The molecule has 176 valence electrons. The van der Waals surface area contributed by atoms with Crippen molar-refractivity contribution in [3.05, 3.63) is 58.9 Å². The Labute approximate surface area is 190 Å². The van der Waals surface area contributed by atoms with Crippen molar-refractivity contribution in [2.45, 2.75) is 26.2 Å². The SMILES string of the molecule is CCOC(=O)C(C(=O)OCC)(C(=O)OCC)c1ccc(C(=O)c2cccc(C(=O)OC)c2)[nH]1. The summed E-state index contributed by atoms with van der Waals surface area (Å²) < 4.78 is 19.7. The Balaban J connectivity index is 2.59. The van der Waals surface area contributed by atoms with Crippen LogP contribution in [0.15, 0.2) is 36.4 Å². The zero-order valence-electron chi connectivity index (χ0n) is 18.8. The number of aromatic nitrogens is 1. The highest BCUT2D eigenvalue weighted by molar-refractivity contribution is 6.24. The molecule has 0 radical (unpaired) electrons. The number of carbonyl (C=O) groups excluding carboxylic acids is 5. The smallest absolute Gasteiger partial charge is 0.341 e. The fourth-order valence-corrected chi connectivity index (χ4v) is 3.10. The summed E-state index contributed by atoms with van der Waals surface area (Å²) in [6.07, 6.45) is 0. The summed E-state index contributed by atoms with van der Waals surface area (Å²) in [5.74, 6) is -4.78. The number of aromatic amines is 1. The Kier molecular flexibility index (Phi) is 8.49. The van der Waals surface area contributed by atoms with Crippen LogP contribution in [0, 0.1) is 0 Å². The van der Waals surface area contributed by atoms with E-state index >= 15 is 0 Å². The van der Waals surface area contributed by atoms with Gasteiger partial charge in [0.05, 0.1) is 43.9 Å². The Bertz CT molecular complexity index is 1010. The van der Waals surface area contributed by atoms with E-state index in [4.69, 9.17) is 14.2 Å². The van der Waals surface area contributed by atoms with Gasteiger partial charge < -0.3 is 23.9 Å². The lowest BCUT2D eigenvalue weighted by Gasteiger charge is -2.26. The first-order valence-corrected chi connectivity index (χ1v) is 10.2. The largest absolute Gasteiger partial charge is 0.465 e. The lowest BCUT2D eigenvalue weighted by molar-refractivity contribution is -0.176. The molecular formula is C23H25NO9. The first-order valence-electron chi connectivity index (χ1n) is 10.2. The molecular weight excluding hydrogens is 434 g/mol. The zero-order chi connectivity index (χ0) is 24.6. The van der Waals surface area contributed by atoms with Gasteiger partial charge in [0.1, 0.15) is 0 Å². The molecule has 1 aromatic heterocycles. The number of hydrogen-bond donors (Lipinski definition) is 1. The summed E-state index contributed by atoms with van der Waals surface area (Å²) in [6, 6.07) is 8.34. The molecule has 0 spiro atoms. The molecule has 0 atom stereocenters. The van der Waals surface area contributed by atoms with Gasteiger partial charge in [-0.05, 0) is 45.0 Å². The van der Waals surface area contributed by atoms with Crippen LogP contribution in [0.4, 0.5) is 0 Å². The molecule has 1 aromatic carbocycles. The number of nitrogens with one attached hydrogen (secondary N) is 1. The lowest BCUT2D eigenvalue weighted by Crippen LogP contribution is -2.53. The van der Waals surface area contributed by atoms with Crippen LogP contribution in [0.1, 0.15) is 52.9 Å². The van der Waals surface area contributed by atoms with E-state index in [-0.39, 0.29) is 42.3 Å². The third-order valence-corrected chi connectivity index (χ3v) is 4.63. The summed E-state index contributed by atoms with van der Waals surface area (Å²) in [6.45, 7) is 4.18. The van der Waals surface area contributed by atoms with E-state index in [9.17, 15) is 24.0 Å². The number of methoxy groups -OCH3 is 1. The van der Waals surface area contributed by atoms with Crippen molar-refractivity contribution in [2.24, 2.45) is 0 Å². The van der Waals surface area contributed by atoms with E-state index < -0.39 is 35.1 Å². The molecule has 0 unspecified atom stereocenters. The maximum absolute atomic E-state index is 13.0. The van der Waals surface area contributed by atoms with Gasteiger partial charge in [-0.3, -0.25) is 4.79 Å². The lowest BCUT2D eigenvalue weighted by atomic mass is 9.84. The van der Waals surface area contributed by atoms with Crippen LogP contribution >= 0.6 is 0 Å². The van der Waals surface area contributed by atoms with Crippen LogP contribution in [-0.4, -0.2) is 61.6 Å². The summed E-state index contributed by atoms with van der Waals surface area (Å²) in [5.41, 5.74) is -2.59. The van der Waals surface area contributed by atoms with E-state index in [0.29, 0.717) is 0 Å². The number of esters is 4. The van der Waals surface area contributed by atoms with Gasteiger partial charge in [-0.15, -0.1) is 0 Å². The highest BCUT2D eigenvalue weighted by Gasteiger charge is 2.60. The van der Waals surface area contributed by atoms with Gasteiger partial charge >= 0.3 is 23.9 Å². The monoisotopic (exact) mass is 459 g/mol. The molecule has 0 aliphatic heterocycles. The maximum Gasteiger partial charge on any atom is 0.341 e. The van der Waals surface area contributed by atoms with Gasteiger partial charge in [-0.1, -0.05) is 12.1 Å². The van der Waals surface area contributed by atoms with Gasteiger partial charge in [0.25, 0.3) is 5.41 Å². The molecule has 10 nitrogen and oxygen atoms in total. The van der Waals surface area contributed by atoms with Gasteiger partial charge in [0.2, 0.25) is 5.78 Å². The summed E-state index contributed by atoms with van der Waals surface area (Å²) in [4.78, 5) is 66.2. The third-order valence-electron chi connectivity index (χ3n) is 4.63.